The van der Waals surface area contributed by atoms with Crippen molar-refractivity contribution in [2.45, 2.75) is 12.5 Å². The molecule has 0 spiro atoms. The second-order valence-electron chi connectivity index (χ2n) is 5.54. The second-order valence-corrected chi connectivity index (χ2v) is 5.54. The van der Waals surface area contributed by atoms with Crippen molar-refractivity contribution in [2.75, 3.05) is 12.4 Å². The Morgan fingerprint density at radius 2 is 1.67 bits per heavy atom. The number of hydrogen-bond acceptors (Lipinski definition) is 2. The highest BCUT2D eigenvalue weighted by atomic mass is 16.5. The number of para-hydroxylation sites is 1. The number of methoxy groups -OCH3 is 1. The number of carbonyl (C=O) groups is 1. The molecule has 1 atom stereocenters. The van der Waals surface area contributed by atoms with Crippen LogP contribution in [0.3, 0.4) is 0 Å². The molecule has 0 aliphatic rings. The first-order chi connectivity index (χ1) is 11.8. The summed E-state index contributed by atoms with van der Waals surface area (Å²) in [5.41, 5.74) is 1.87. The molecule has 4 nitrogen and oxygen atoms in total. The first kappa shape index (κ1) is 15.9. The topological polar surface area (TPSA) is 43.3 Å². The van der Waals surface area contributed by atoms with E-state index in [0.29, 0.717) is 6.42 Å². The van der Waals surface area contributed by atoms with Crippen LogP contribution in [0.2, 0.25) is 0 Å². The van der Waals surface area contributed by atoms with E-state index in [-0.39, 0.29) is 11.9 Å². The Kier molecular flexibility index (Phi) is 4.96. The van der Waals surface area contributed by atoms with Gasteiger partial charge in [-0.15, -0.1) is 0 Å². The monoisotopic (exact) mass is 320 g/mol. The van der Waals surface area contributed by atoms with Crippen LogP contribution in [-0.4, -0.2) is 17.6 Å². The number of amides is 1. The number of anilines is 1. The minimum absolute atomic E-state index is 0.0179. The summed E-state index contributed by atoms with van der Waals surface area (Å²) in [5, 5.41) is 2.95. The molecular weight excluding hydrogens is 300 g/mol. The molecule has 4 heteroatoms. The lowest BCUT2D eigenvalue weighted by atomic mass is 10.0. The highest BCUT2D eigenvalue weighted by Crippen LogP contribution is 2.25. The molecule has 0 radical (unpaired) electrons. The zero-order chi connectivity index (χ0) is 16.8. The summed E-state index contributed by atoms with van der Waals surface area (Å²) in [6.07, 6.45) is 4.31. The van der Waals surface area contributed by atoms with Crippen molar-refractivity contribution in [1.29, 1.82) is 0 Å². The number of carbonyl (C=O) groups excluding carboxylic acids is 1. The minimum atomic E-state index is -0.0605. The molecule has 1 aromatic heterocycles. The van der Waals surface area contributed by atoms with Gasteiger partial charge in [-0.25, -0.2) is 0 Å². The van der Waals surface area contributed by atoms with Gasteiger partial charge in [0.05, 0.1) is 19.6 Å². The Labute approximate surface area is 141 Å². The van der Waals surface area contributed by atoms with E-state index in [2.05, 4.69) is 5.32 Å². The lowest BCUT2D eigenvalue weighted by molar-refractivity contribution is -0.116. The molecule has 0 fully saturated rings. The first-order valence-electron chi connectivity index (χ1n) is 7.87. The molecule has 0 saturated carbocycles. The molecular formula is C20H20N2O2. The van der Waals surface area contributed by atoms with Crippen LogP contribution in [0.15, 0.2) is 79.1 Å². The van der Waals surface area contributed by atoms with Crippen molar-refractivity contribution in [3.05, 3.63) is 84.7 Å². The van der Waals surface area contributed by atoms with Crippen molar-refractivity contribution in [1.82, 2.24) is 4.57 Å². The maximum atomic E-state index is 12.5. The van der Waals surface area contributed by atoms with Gasteiger partial charge in [0.2, 0.25) is 5.91 Å². The highest BCUT2D eigenvalue weighted by molar-refractivity contribution is 5.91. The SMILES string of the molecule is COc1ccc([C@@H](CC(=O)Nc2ccccc2)n2cccc2)cc1. The maximum absolute atomic E-state index is 12.5. The predicted octanol–water partition coefficient (Wildman–Crippen LogP) is 4.11. The van der Waals surface area contributed by atoms with Gasteiger partial charge in [0.1, 0.15) is 5.75 Å². The summed E-state index contributed by atoms with van der Waals surface area (Å²) in [6, 6.07) is 21.2. The average Bonchev–Trinajstić information content (AvgIpc) is 3.15. The van der Waals surface area contributed by atoms with E-state index in [4.69, 9.17) is 4.74 Å². The summed E-state index contributed by atoms with van der Waals surface area (Å²) in [6.45, 7) is 0. The fraction of sp³-hybridized carbons (Fsp3) is 0.150. The van der Waals surface area contributed by atoms with Crippen LogP contribution < -0.4 is 10.1 Å². The van der Waals surface area contributed by atoms with Gasteiger partial charge in [-0.2, -0.15) is 0 Å². The molecule has 1 amide bonds. The van der Waals surface area contributed by atoms with Gasteiger partial charge in [0, 0.05) is 18.1 Å². The summed E-state index contributed by atoms with van der Waals surface area (Å²) in [7, 11) is 1.64. The minimum Gasteiger partial charge on any atom is -0.497 e. The van der Waals surface area contributed by atoms with Crippen LogP contribution in [0.5, 0.6) is 5.75 Å². The smallest absolute Gasteiger partial charge is 0.226 e. The van der Waals surface area contributed by atoms with E-state index >= 15 is 0 Å². The third-order valence-electron chi connectivity index (χ3n) is 3.92. The number of benzene rings is 2. The van der Waals surface area contributed by atoms with Gasteiger partial charge in [0.15, 0.2) is 0 Å². The zero-order valence-corrected chi connectivity index (χ0v) is 13.6. The van der Waals surface area contributed by atoms with Crippen molar-refractivity contribution < 1.29 is 9.53 Å². The predicted molar refractivity (Wildman–Crippen MR) is 95.3 cm³/mol. The van der Waals surface area contributed by atoms with Crippen LogP contribution in [0.25, 0.3) is 0 Å². The first-order valence-corrected chi connectivity index (χ1v) is 7.87. The van der Waals surface area contributed by atoms with Crippen LogP contribution in [-0.2, 0) is 4.79 Å². The quantitative estimate of drug-likeness (QED) is 0.742. The molecule has 0 bridgehead atoms. The molecule has 122 valence electrons. The van der Waals surface area contributed by atoms with E-state index in [0.717, 1.165) is 17.0 Å². The summed E-state index contributed by atoms with van der Waals surface area (Å²) in [4.78, 5) is 12.5. The number of hydrogen-bond donors (Lipinski definition) is 1. The Morgan fingerprint density at radius 3 is 2.29 bits per heavy atom. The van der Waals surface area contributed by atoms with Crippen LogP contribution >= 0.6 is 0 Å². The molecule has 1 N–H and O–H groups in total. The Morgan fingerprint density at radius 1 is 1.00 bits per heavy atom. The lowest BCUT2D eigenvalue weighted by Gasteiger charge is -2.19. The van der Waals surface area contributed by atoms with Crippen molar-refractivity contribution >= 4 is 11.6 Å². The average molecular weight is 320 g/mol. The van der Waals surface area contributed by atoms with E-state index < -0.39 is 0 Å². The van der Waals surface area contributed by atoms with Crippen molar-refractivity contribution in [3.63, 3.8) is 0 Å². The molecule has 0 aliphatic heterocycles. The molecule has 3 aromatic rings. The van der Waals surface area contributed by atoms with Crippen molar-refractivity contribution in [3.8, 4) is 5.75 Å². The summed E-state index contributed by atoms with van der Waals surface area (Å²) >= 11 is 0. The Bertz CT molecular complexity index is 765. The second kappa shape index (κ2) is 7.51. The summed E-state index contributed by atoms with van der Waals surface area (Å²) < 4.78 is 7.26. The standard InChI is InChI=1S/C20H20N2O2/c1-24-18-11-9-16(10-12-18)19(22-13-5-6-14-22)15-20(23)21-17-7-3-2-4-8-17/h2-14,19H,15H2,1H3,(H,21,23)/t19-/m1/s1. The zero-order valence-electron chi connectivity index (χ0n) is 13.6. The lowest BCUT2D eigenvalue weighted by Crippen LogP contribution is -2.19. The van der Waals surface area contributed by atoms with E-state index in [1.54, 1.807) is 7.11 Å². The van der Waals surface area contributed by atoms with Gasteiger partial charge in [-0.05, 0) is 42.0 Å². The molecule has 2 aromatic carbocycles. The fourth-order valence-corrected chi connectivity index (χ4v) is 2.69. The Balaban J connectivity index is 1.79. The van der Waals surface area contributed by atoms with Gasteiger partial charge in [-0.1, -0.05) is 30.3 Å². The fourth-order valence-electron chi connectivity index (χ4n) is 2.69. The highest BCUT2D eigenvalue weighted by Gasteiger charge is 2.17. The molecule has 24 heavy (non-hydrogen) atoms. The van der Waals surface area contributed by atoms with Crippen LogP contribution in [0.4, 0.5) is 5.69 Å². The van der Waals surface area contributed by atoms with E-state index in [1.807, 2.05) is 83.7 Å². The van der Waals surface area contributed by atoms with Crippen molar-refractivity contribution in [2.24, 2.45) is 0 Å². The number of ether oxygens (including phenoxy) is 1. The van der Waals surface area contributed by atoms with E-state index in [1.165, 1.54) is 0 Å². The molecule has 0 saturated heterocycles. The number of rotatable bonds is 6. The molecule has 1 heterocycles. The van der Waals surface area contributed by atoms with Gasteiger partial charge in [0.25, 0.3) is 0 Å². The van der Waals surface area contributed by atoms with Crippen LogP contribution in [0.1, 0.15) is 18.0 Å². The van der Waals surface area contributed by atoms with Gasteiger partial charge < -0.3 is 14.6 Å². The molecule has 0 aliphatic carbocycles. The summed E-state index contributed by atoms with van der Waals surface area (Å²) in [5.74, 6) is 0.787. The molecule has 0 unspecified atom stereocenters. The molecule has 3 rings (SSSR count). The van der Waals surface area contributed by atoms with Gasteiger partial charge in [-0.3, -0.25) is 4.79 Å². The normalized spacial score (nSPS) is 11.7. The van der Waals surface area contributed by atoms with Gasteiger partial charge >= 0.3 is 0 Å². The van der Waals surface area contributed by atoms with E-state index in [9.17, 15) is 4.79 Å². The number of aromatic nitrogens is 1. The maximum Gasteiger partial charge on any atom is 0.226 e. The number of nitrogens with one attached hydrogen (secondary N) is 1. The number of nitrogens with zero attached hydrogens (tertiary/aromatic N) is 1. The third kappa shape index (κ3) is 3.84. The largest absolute Gasteiger partial charge is 0.497 e. The Hall–Kier alpha value is -3.01. The third-order valence-corrected chi connectivity index (χ3v) is 3.92. The van der Waals surface area contributed by atoms with Crippen LogP contribution in [0, 0.1) is 0 Å².